The lowest BCUT2D eigenvalue weighted by molar-refractivity contribution is -0.129. The van der Waals surface area contributed by atoms with Crippen molar-refractivity contribution in [2.45, 2.75) is 31.0 Å². The van der Waals surface area contributed by atoms with Gasteiger partial charge in [-0.2, -0.15) is 0 Å². The number of benzene rings is 5. The van der Waals surface area contributed by atoms with E-state index in [1.165, 1.54) is 0 Å². The van der Waals surface area contributed by atoms with Gasteiger partial charge in [-0.15, -0.1) is 0 Å². The number of hydrogen-bond donors (Lipinski definition) is 2. The van der Waals surface area contributed by atoms with E-state index in [1.54, 1.807) is 44.6 Å². The highest BCUT2D eigenvalue weighted by atomic mass is 16.5. The fourth-order valence-corrected chi connectivity index (χ4v) is 6.19. The molecule has 11 heteroatoms. The lowest BCUT2D eigenvalue weighted by atomic mass is 9.81. The molecule has 1 aliphatic heterocycles. The van der Waals surface area contributed by atoms with Gasteiger partial charge in [0.15, 0.2) is 23.1 Å². The zero-order valence-electron chi connectivity index (χ0n) is 28.9. The summed E-state index contributed by atoms with van der Waals surface area (Å²) in [6, 6.07) is 37.8. The maximum atomic E-state index is 14.8. The monoisotopic (exact) mass is 697 g/mol. The predicted octanol–water partition coefficient (Wildman–Crippen LogP) is 7.89. The maximum absolute atomic E-state index is 14.8. The predicted molar refractivity (Wildman–Crippen MR) is 199 cm³/mol. The summed E-state index contributed by atoms with van der Waals surface area (Å²) >= 11 is 0. The zero-order chi connectivity index (χ0) is 36.3. The molecule has 52 heavy (non-hydrogen) atoms. The SMILES string of the molecule is COc1ccc(CNC(=O)[C@]2(Cc3ccccc3N=[N+]=[N-])N=C(c3ccc(OCCCO)cc3)O[C@@H]2c2ccc(-c3ccccc3)cc2)cc1OC. The normalized spacial score (nSPS) is 16.2. The summed E-state index contributed by atoms with van der Waals surface area (Å²) in [5.74, 6) is 1.64. The fraction of sp³-hybridized carbons (Fsp3) is 0.220. The average Bonchev–Trinajstić information content (AvgIpc) is 3.58. The van der Waals surface area contributed by atoms with Gasteiger partial charge in [-0.1, -0.05) is 90.0 Å². The van der Waals surface area contributed by atoms with Crippen LogP contribution in [0.5, 0.6) is 17.2 Å². The summed E-state index contributed by atoms with van der Waals surface area (Å²) in [5, 5.41) is 16.2. The third-order valence-electron chi connectivity index (χ3n) is 8.86. The minimum Gasteiger partial charge on any atom is -0.494 e. The molecule has 0 saturated carbocycles. The molecule has 0 spiro atoms. The molecule has 0 fully saturated rings. The number of aliphatic hydroxyl groups is 1. The van der Waals surface area contributed by atoms with E-state index in [4.69, 9.17) is 29.0 Å². The highest BCUT2D eigenvalue weighted by Crippen LogP contribution is 2.44. The molecule has 0 saturated heterocycles. The first-order chi connectivity index (χ1) is 25.5. The van der Waals surface area contributed by atoms with Crippen molar-refractivity contribution >= 4 is 17.5 Å². The highest BCUT2D eigenvalue weighted by molar-refractivity contribution is 6.01. The number of ether oxygens (including phenoxy) is 4. The van der Waals surface area contributed by atoms with Gasteiger partial charge in [-0.25, -0.2) is 4.99 Å². The van der Waals surface area contributed by atoms with Crippen LogP contribution in [0.1, 0.15) is 34.8 Å². The minimum atomic E-state index is -1.53. The molecular weight excluding hydrogens is 658 g/mol. The molecule has 11 nitrogen and oxygen atoms in total. The first kappa shape index (κ1) is 35.5. The van der Waals surface area contributed by atoms with Gasteiger partial charge >= 0.3 is 0 Å². The molecule has 2 N–H and O–H groups in total. The number of methoxy groups -OCH3 is 2. The average molecular weight is 698 g/mol. The van der Waals surface area contributed by atoms with Crippen LogP contribution in [0.4, 0.5) is 5.69 Å². The Morgan fingerprint density at radius 1 is 0.885 bits per heavy atom. The van der Waals surface area contributed by atoms with E-state index in [-0.39, 0.29) is 31.4 Å². The van der Waals surface area contributed by atoms with Crippen molar-refractivity contribution in [2.75, 3.05) is 27.4 Å². The van der Waals surface area contributed by atoms with Crippen molar-refractivity contribution in [1.82, 2.24) is 5.32 Å². The number of hydrogen-bond acceptors (Lipinski definition) is 8. The summed E-state index contributed by atoms with van der Waals surface area (Å²) in [7, 11) is 3.13. The van der Waals surface area contributed by atoms with Gasteiger partial charge in [0.25, 0.3) is 5.91 Å². The van der Waals surface area contributed by atoms with Crippen LogP contribution >= 0.6 is 0 Å². The molecule has 6 rings (SSSR count). The van der Waals surface area contributed by atoms with Gasteiger partial charge < -0.3 is 29.4 Å². The third-order valence-corrected chi connectivity index (χ3v) is 8.86. The van der Waals surface area contributed by atoms with Crippen LogP contribution in [-0.2, 0) is 22.5 Å². The molecule has 1 heterocycles. The molecule has 0 unspecified atom stereocenters. The Morgan fingerprint density at radius 3 is 2.29 bits per heavy atom. The van der Waals surface area contributed by atoms with Crippen LogP contribution in [0, 0.1) is 0 Å². The second kappa shape index (κ2) is 16.6. The lowest BCUT2D eigenvalue weighted by Crippen LogP contribution is -2.49. The Morgan fingerprint density at radius 2 is 1.58 bits per heavy atom. The van der Waals surface area contributed by atoms with Crippen molar-refractivity contribution in [1.29, 1.82) is 0 Å². The second-order valence-corrected chi connectivity index (χ2v) is 12.1. The molecule has 1 amide bonds. The van der Waals surface area contributed by atoms with E-state index in [0.29, 0.717) is 47.1 Å². The van der Waals surface area contributed by atoms with Crippen LogP contribution in [0.2, 0.25) is 0 Å². The van der Waals surface area contributed by atoms with E-state index in [9.17, 15) is 10.3 Å². The Bertz CT molecular complexity index is 2060. The standard InChI is InChI=1S/C41H39N5O6/c1-49-36-22-13-28(25-37(36)50-2)27-43-40(48)41(26-33-11-6-7-12-35(33)45-46-42)38(31-16-14-30(15-17-31)29-9-4-3-5-10-29)52-39(44-41)32-18-20-34(21-19-32)51-24-8-23-47/h3-7,9-22,25,38,47H,8,23-24,26-27H2,1-2H3,(H,43,48)/t38-,41-/m1/s1. The number of carbonyl (C=O) groups excluding carboxylic acids is 1. The van der Waals surface area contributed by atoms with Crippen LogP contribution in [-0.4, -0.2) is 49.9 Å². The van der Waals surface area contributed by atoms with E-state index in [2.05, 4.69) is 15.3 Å². The molecule has 264 valence electrons. The largest absolute Gasteiger partial charge is 0.494 e. The Kier molecular flexibility index (Phi) is 11.4. The molecule has 5 aromatic rings. The quantitative estimate of drug-likeness (QED) is 0.0492. The topological polar surface area (TPSA) is 147 Å². The first-order valence-electron chi connectivity index (χ1n) is 16.9. The van der Waals surface area contributed by atoms with Crippen molar-refractivity contribution in [3.8, 4) is 28.4 Å². The number of rotatable bonds is 15. The van der Waals surface area contributed by atoms with E-state index < -0.39 is 11.6 Å². The Labute approximate surface area is 302 Å². The first-order valence-corrected chi connectivity index (χ1v) is 16.9. The molecular formula is C41H39N5O6. The van der Waals surface area contributed by atoms with Crippen LogP contribution in [0.15, 0.2) is 131 Å². The Hall–Kier alpha value is -6.29. The summed E-state index contributed by atoms with van der Waals surface area (Å²) < 4.78 is 23.4. The summed E-state index contributed by atoms with van der Waals surface area (Å²) in [5.41, 5.74) is 13.1. The van der Waals surface area contributed by atoms with E-state index in [1.807, 2.05) is 91.0 Å². The zero-order valence-corrected chi connectivity index (χ0v) is 28.9. The maximum Gasteiger partial charge on any atom is 0.252 e. The minimum absolute atomic E-state index is 0.0371. The number of amides is 1. The molecule has 0 radical (unpaired) electrons. The molecule has 5 aromatic carbocycles. The summed E-state index contributed by atoms with van der Waals surface area (Å²) in [4.78, 5) is 23.0. The van der Waals surface area contributed by atoms with E-state index in [0.717, 1.165) is 22.3 Å². The smallest absolute Gasteiger partial charge is 0.252 e. The number of aliphatic imine (C=N–C) groups is 1. The van der Waals surface area contributed by atoms with Gasteiger partial charge in [0.05, 0.1) is 20.8 Å². The number of carbonyl (C=O) groups is 1. The molecule has 0 aliphatic carbocycles. The number of nitrogens with zero attached hydrogens (tertiary/aromatic N) is 4. The van der Waals surface area contributed by atoms with E-state index >= 15 is 0 Å². The van der Waals surface area contributed by atoms with Crippen molar-refractivity contribution in [3.63, 3.8) is 0 Å². The summed E-state index contributed by atoms with van der Waals surface area (Å²) in [6.07, 6.45) is -0.283. The van der Waals surface area contributed by atoms with Crippen LogP contribution in [0.25, 0.3) is 21.6 Å². The molecule has 0 aromatic heterocycles. The van der Waals surface area contributed by atoms with Crippen molar-refractivity contribution < 1.29 is 28.8 Å². The number of nitrogens with one attached hydrogen (secondary N) is 1. The van der Waals surface area contributed by atoms with Gasteiger partial charge in [0, 0.05) is 42.2 Å². The van der Waals surface area contributed by atoms with Gasteiger partial charge in [-0.05, 0) is 69.7 Å². The second-order valence-electron chi connectivity index (χ2n) is 12.1. The molecule has 0 bridgehead atoms. The fourth-order valence-electron chi connectivity index (χ4n) is 6.19. The van der Waals surface area contributed by atoms with Crippen molar-refractivity contribution in [2.24, 2.45) is 10.1 Å². The van der Waals surface area contributed by atoms with Gasteiger partial charge in [-0.3, -0.25) is 4.79 Å². The molecule has 2 atom stereocenters. The highest BCUT2D eigenvalue weighted by Gasteiger charge is 2.53. The van der Waals surface area contributed by atoms with Crippen LogP contribution < -0.4 is 19.5 Å². The summed E-state index contributed by atoms with van der Waals surface area (Å²) in [6.45, 7) is 0.584. The van der Waals surface area contributed by atoms with Crippen molar-refractivity contribution in [3.05, 3.63) is 154 Å². The van der Waals surface area contributed by atoms with Gasteiger partial charge in [0.1, 0.15) is 5.75 Å². The molecule has 1 aliphatic rings. The van der Waals surface area contributed by atoms with Crippen LogP contribution in [0.3, 0.4) is 0 Å². The number of azide groups is 1. The Balaban J connectivity index is 1.44. The third kappa shape index (κ3) is 7.86. The van der Waals surface area contributed by atoms with Gasteiger partial charge in [0.2, 0.25) is 5.90 Å². The lowest BCUT2D eigenvalue weighted by Gasteiger charge is -2.31. The number of aliphatic hydroxyl groups excluding tert-OH is 1.